The Morgan fingerprint density at radius 1 is 1.16 bits per heavy atom. The maximum Gasteiger partial charge on any atom is 0.254 e. The van der Waals surface area contributed by atoms with Crippen LogP contribution in [0, 0.1) is 6.92 Å². The number of aliphatic hydroxyl groups is 1. The number of fused-ring (bicyclic) bond motifs is 1. The number of piperazine rings is 1. The standard InChI is InChI=1S/C20H25N3O2/c1-14-13-16(15-5-2-3-6-17(15)21-14)20(25)23-11-9-22(10-12-23)18-7-4-8-19(18)24/h2-3,5-6,13,18-19,24H,4,7-12H2,1H3. The summed E-state index contributed by atoms with van der Waals surface area (Å²) in [5.74, 6) is 0.0910. The number of aliphatic hydroxyl groups excluding tert-OH is 1. The number of benzene rings is 1. The van der Waals surface area contributed by atoms with Crippen molar-refractivity contribution in [2.24, 2.45) is 0 Å². The molecule has 0 bridgehead atoms. The molecular formula is C20H25N3O2. The van der Waals surface area contributed by atoms with Crippen molar-refractivity contribution in [2.75, 3.05) is 26.2 Å². The minimum atomic E-state index is -0.200. The Kier molecular flexibility index (Phi) is 4.44. The molecule has 132 valence electrons. The number of rotatable bonds is 2. The molecule has 1 aromatic heterocycles. The lowest BCUT2D eigenvalue weighted by molar-refractivity contribution is 0.0316. The SMILES string of the molecule is Cc1cc(C(=O)N2CCN(C3CCCC3O)CC2)c2ccccc2n1. The number of amides is 1. The summed E-state index contributed by atoms with van der Waals surface area (Å²) in [6.07, 6.45) is 2.89. The molecule has 1 saturated heterocycles. The van der Waals surface area contributed by atoms with E-state index in [1.165, 1.54) is 0 Å². The van der Waals surface area contributed by atoms with Crippen molar-refractivity contribution >= 4 is 16.8 Å². The van der Waals surface area contributed by atoms with Gasteiger partial charge < -0.3 is 10.0 Å². The van der Waals surface area contributed by atoms with Crippen molar-refractivity contribution in [1.29, 1.82) is 0 Å². The minimum Gasteiger partial charge on any atom is -0.391 e. The molecule has 0 spiro atoms. The molecule has 1 aliphatic carbocycles. The van der Waals surface area contributed by atoms with E-state index < -0.39 is 0 Å². The highest BCUT2D eigenvalue weighted by molar-refractivity contribution is 6.06. The summed E-state index contributed by atoms with van der Waals surface area (Å²) in [5, 5.41) is 11.0. The molecule has 0 radical (unpaired) electrons. The van der Waals surface area contributed by atoms with E-state index in [1.807, 2.05) is 42.2 Å². The molecule has 5 heteroatoms. The Morgan fingerprint density at radius 2 is 1.92 bits per heavy atom. The highest BCUT2D eigenvalue weighted by atomic mass is 16.3. The van der Waals surface area contributed by atoms with Gasteiger partial charge in [-0.3, -0.25) is 14.7 Å². The van der Waals surface area contributed by atoms with Crippen LogP contribution in [-0.4, -0.2) is 64.1 Å². The fourth-order valence-electron chi connectivity index (χ4n) is 4.26. The Morgan fingerprint density at radius 3 is 2.64 bits per heavy atom. The lowest BCUT2D eigenvalue weighted by Gasteiger charge is -2.39. The first-order chi connectivity index (χ1) is 12.1. The number of pyridine rings is 1. The average molecular weight is 339 g/mol. The number of carbonyl (C=O) groups is 1. The fraction of sp³-hybridized carbons (Fsp3) is 0.500. The van der Waals surface area contributed by atoms with Crippen molar-refractivity contribution in [2.45, 2.75) is 38.3 Å². The highest BCUT2D eigenvalue weighted by Gasteiger charge is 2.33. The third-order valence-corrected chi connectivity index (χ3v) is 5.59. The van der Waals surface area contributed by atoms with Gasteiger partial charge in [0.1, 0.15) is 0 Å². The van der Waals surface area contributed by atoms with Crippen molar-refractivity contribution in [1.82, 2.24) is 14.8 Å². The quantitative estimate of drug-likeness (QED) is 0.911. The van der Waals surface area contributed by atoms with Gasteiger partial charge in [0.25, 0.3) is 5.91 Å². The van der Waals surface area contributed by atoms with E-state index in [4.69, 9.17) is 0 Å². The van der Waals surface area contributed by atoms with E-state index >= 15 is 0 Å². The Labute approximate surface area is 148 Å². The molecule has 2 unspecified atom stereocenters. The van der Waals surface area contributed by atoms with Crippen LogP contribution < -0.4 is 0 Å². The van der Waals surface area contributed by atoms with Crippen LogP contribution in [0.3, 0.4) is 0 Å². The number of aromatic nitrogens is 1. The van der Waals surface area contributed by atoms with E-state index in [1.54, 1.807) is 0 Å². The van der Waals surface area contributed by atoms with Gasteiger partial charge >= 0.3 is 0 Å². The van der Waals surface area contributed by atoms with Gasteiger partial charge in [0.2, 0.25) is 0 Å². The Balaban J connectivity index is 1.51. The van der Waals surface area contributed by atoms with E-state index in [2.05, 4.69) is 9.88 Å². The van der Waals surface area contributed by atoms with E-state index in [-0.39, 0.29) is 18.1 Å². The monoisotopic (exact) mass is 339 g/mol. The zero-order valence-corrected chi connectivity index (χ0v) is 14.7. The Hall–Kier alpha value is -1.98. The largest absolute Gasteiger partial charge is 0.391 e. The molecule has 25 heavy (non-hydrogen) atoms. The first kappa shape index (κ1) is 16.5. The van der Waals surface area contributed by atoms with Gasteiger partial charge in [-0.05, 0) is 38.3 Å². The highest BCUT2D eigenvalue weighted by Crippen LogP contribution is 2.26. The third kappa shape index (κ3) is 3.14. The van der Waals surface area contributed by atoms with Crippen LogP contribution in [0.25, 0.3) is 10.9 Å². The summed E-state index contributed by atoms with van der Waals surface area (Å²) in [4.78, 5) is 21.9. The maximum absolute atomic E-state index is 13.1. The normalized spacial score (nSPS) is 24.8. The van der Waals surface area contributed by atoms with Crippen LogP contribution in [0.2, 0.25) is 0 Å². The van der Waals surface area contributed by atoms with Crippen LogP contribution in [0.15, 0.2) is 30.3 Å². The summed E-state index contributed by atoms with van der Waals surface area (Å²) in [6.45, 7) is 5.06. The van der Waals surface area contributed by atoms with Crippen LogP contribution in [0.5, 0.6) is 0 Å². The predicted molar refractivity (Wildman–Crippen MR) is 97.6 cm³/mol. The summed E-state index contributed by atoms with van der Waals surface area (Å²) in [5.41, 5.74) is 2.49. The lowest BCUT2D eigenvalue weighted by atomic mass is 10.1. The molecular weight excluding hydrogens is 314 g/mol. The maximum atomic E-state index is 13.1. The summed E-state index contributed by atoms with van der Waals surface area (Å²) < 4.78 is 0. The first-order valence-electron chi connectivity index (χ1n) is 9.21. The number of hydrogen-bond donors (Lipinski definition) is 1. The topological polar surface area (TPSA) is 56.7 Å². The second-order valence-corrected chi connectivity index (χ2v) is 7.22. The van der Waals surface area contributed by atoms with E-state index in [9.17, 15) is 9.90 Å². The van der Waals surface area contributed by atoms with Crippen molar-refractivity contribution in [3.05, 3.63) is 41.6 Å². The molecule has 1 amide bonds. The molecule has 4 rings (SSSR count). The number of hydrogen-bond acceptors (Lipinski definition) is 4. The zero-order chi connectivity index (χ0) is 17.4. The minimum absolute atomic E-state index is 0.0910. The van der Waals surface area contributed by atoms with Crippen molar-refractivity contribution < 1.29 is 9.90 Å². The van der Waals surface area contributed by atoms with Gasteiger partial charge in [-0.25, -0.2) is 0 Å². The number of para-hydroxylation sites is 1. The molecule has 2 aliphatic rings. The first-order valence-corrected chi connectivity index (χ1v) is 9.21. The van der Waals surface area contributed by atoms with Crippen molar-refractivity contribution in [3.63, 3.8) is 0 Å². The van der Waals surface area contributed by atoms with Crippen LogP contribution in [0.1, 0.15) is 35.3 Å². The number of nitrogens with zero attached hydrogens (tertiary/aromatic N) is 3. The summed E-state index contributed by atoms with van der Waals surface area (Å²) in [6, 6.07) is 10.0. The summed E-state index contributed by atoms with van der Waals surface area (Å²) in [7, 11) is 0. The summed E-state index contributed by atoms with van der Waals surface area (Å²) >= 11 is 0. The smallest absolute Gasteiger partial charge is 0.254 e. The van der Waals surface area contributed by atoms with Crippen LogP contribution in [-0.2, 0) is 0 Å². The van der Waals surface area contributed by atoms with Gasteiger partial charge in [0.05, 0.1) is 17.2 Å². The predicted octanol–water partition coefficient (Wildman–Crippen LogP) is 2.21. The van der Waals surface area contributed by atoms with Gasteiger partial charge in [-0.15, -0.1) is 0 Å². The van der Waals surface area contributed by atoms with E-state index in [0.717, 1.165) is 67.6 Å². The number of aryl methyl sites for hydroxylation is 1. The molecule has 2 fully saturated rings. The van der Waals surface area contributed by atoms with Crippen LogP contribution in [0.4, 0.5) is 0 Å². The van der Waals surface area contributed by atoms with E-state index in [0.29, 0.717) is 0 Å². The number of carbonyl (C=O) groups excluding carboxylic acids is 1. The second-order valence-electron chi connectivity index (χ2n) is 7.22. The van der Waals surface area contributed by atoms with Crippen molar-refractivity contribution in [3.8, 4) is 0 Å². The molecule has 2 heterocycles. The molecule has 1 aliphatic heterocycles. The van der Waals surface area contributed by atoms with Gasteiger partial charge in [0, 0.05) is 43.3 Å². The Bertz CT molecular complexity index is 784. The average Bonchev–Trinajstić information content (AvgIpc) is 3.06. The molecule has 1 aromatic carbocycles. The molecule has 1 N–H and O–H groups in total. The van der Waals surface area contributed by atoms with Gasteiger partial charge in [-0.2, -0.15) is 0 Å². The molecule has 2 atom stereocenters. The molecule has 5 nitrogen and oxygen atoms in total. The molecule has 2 aromatic rings. The molecule has 1 saturated carbocycles. The van der Waals surface area contributed by atoms with Gasteiger partial charge in [0.15, 0.2) is 0 Å². The van der Waals surface area contributed by atoms with Gasteiger partial charge in [-0.1, -0.05) is 18.2 Å². The zero-order valence-electron chi connectivity index (χ0n) is 14.7. The van der Waals surface area contributed by atoms with Crippen LogP contribution >= 0.6 is 0 Å². The third-order valence-electron chi connectivity index (χ3n) is 5.59. The fourth-order valence-corrected chi connectivity index (χ4v) is 4.26. The second kappa shape index (κ2) is 6.73. The lowest BCUT2D eigenvalue weighted by Crippen LogP contribution is -2.53.